The molecule has 0 atom stereocenters. The molecule has 0 saturated carbocycles. The first kappa shape index (κ1) is 33.1. The zero-order valence-electron chi connectivity index (χ0n) is 47.4. The van der Waals surface area contributed by atoms with Gasteiger partial charge in [0.15, 0.2) is 0 Å². The molecule has 8 heteroatoms. The summed E-state index contributed by atoms with van der Waals surface area (Å²) in [5.41, 5.74) is 7.00. The molecule has 0 aliphatic rings. The number of pyridine rings is 1. The second kappa shape index (κ2) is 17.5. The maximum Gasteiger partial charge on any atom is 0.268 e. The number of imidazole rings is 1. The van der Waals surface area contributed by atoms with Gasteiger partial charge >= 0.3 is 0 Å². The van der Waals surface area contributed by atoms with Crippen LogP contribution < -0.4 is 14.2 Å². The van der Waals surface area contributed by atoms with Gasteiger partial charge in [-0.2, -0.15) is 12.1 Å². The molecule has 338 valence electrons. The Morgan fingerprint density at radius 3 is 1.79 bits per heavy atom. The molecule has 13 aromatic rings. The second-order valence-electron chi connectivity index (χ2n) is 16.7. The van der Waals surface area contributed by atoms with Gasteiger partial charge in [-0.25, -0.2) is 4.98 Å². The topological polar surface area (TPSA) is 44.0 Å². The summed E-state index contributed by atoms with van der Waals surface area (Å²) in [5, 5.41) is 4.06. The number of aromatic nitrogens is 5. The van der Waals surface area contributed by atoms with Crippen LogP contribution in [0.1, 0.15) is 13.7 Å². The fraction of sp³-hybridized carbons (Fsp3) is 0.0323. The van der Waals surface area contributed by atoms with Gasteiger partial charge in [0.05, 0.1) is 30.4 Å². The molecule has 0 saturated heterocycles. The average Bonchev–Trinajstić information content (AvgIpc) is 4.29. The van der Waals surface area contributed by atoms with E-state index < -0.39 is 60.4 Å². The van der Waals surface area contributed by atoms with E-state index in [1.54, 1.807) is 39.6 Å². The van der Waals surface area contributed by atoms with Crippen LogP contribution in [0, 0.1) is 18.5 Å². The van der Waals surface area contributed by atoms with Crippen molar-refractivity contribution in [1.82, 2.24) is 18.7 Å². The van der Waals surface area contributed by atoms with Crippen LogP contribution in [-0.2, 0) is 21.1 Å². The van der Waals surface area contributed by atoms with E-state index in [4.69, 9.17) is 23.4 Å². The predicted octanol–water partition coefficient (Wildman–Crippen LogP) is 14.1. The molecule has 7 nitrogen and oxygen atoms in total. The minimum Gasteiger partial charge on any atom is -0.508 e. The Labute approximate surface area is 433 Å². The molecule has 0 aliphatic heterocycles. The van der Waals surface area contributed by atoms with Crippen LogP contribution in [0.5, 0.6) is 11.5 Å². The SMILES string of the molecule is [2H]c1c([2H])c([2H])c(-c2cccc(-c3c([2H])c([2H])c([2H])c([2H])c3[2H])c2-[n+]2[c-]n(-c3[c-]c(Oc4[c-]c5c(cc4-n4c6ccccc6c6ccccc64)c4ccccc4n5-c4cc(N(C)C)ccn4)ccc3)c3ccccc32)c([2H])c1[2H].[Pt]. The summed E-state index contributed by atoms with van der Waals surface area (Å²) in [7, 11) is 3.98. The van der Waals surface area contributed by atoms with Crippen LogP contribution in [0.2, 0.25) is 0 Å². The molecule has 70 heavy (non-hydrogen) atoms. The maximum atomic E-state index is 9.11. The first-order chi connectivity index (χ1) is 38.2. The normalized spacial score (nSPS) is 13.5. The smallest absolute Gasteiger partial charge is 0.268 e. The Morgan fingerprint density at radius 2 is 1.14 bits per heavy atom. The monoisotopic (exact) mass is 1090 g/mol. The van der Waals surface area contributed by atoms with E-state index in [9.17, 15) is 0 Å². The largest absolute Gasteiger partial charge is 0.508 e. The van der Waals surface area contributed by atoms with Gasteiger partial charge in [-0.05, 0) is 63.3 Å². The van der Waals surface area contributed by atoms with Crippen molar-refractivity contribution in [3.05, 3.63) is 237 Å². The number of anilines is 1. The molecular formula is C62H42N6OPt-2. The summed E-state index contributed by atoms with van der Waals surface area (Å²) in [6, 6.07) is 50.4. The summed E-state index contributed by atoms with van der Waals surface area (Å²) < 4.78 is 103. The van der Waals surface area contributed by atoms with E-state index >= 15 is 0 Å². The van der Waals surface area contributed by atoms with Crippen molar-refractivity contribution in [2.45, 2.75) is 0 Å². The number of hydrogen-bond acceptors (Lipinski definition) is 3. The van der Waals surface area contributed by atoms with Gasteiger partial charge in [0.25, 0.3) is 6.33 Å². The molecule has 0 amide bonds. The van der Waals surface area contributed by atoms with E-state index in [1.807, 2.05) is 104 Å². The molecule has 4 aromatic heterocycles. The van der Waals surface area contributed by atoms with E-state index in [-0.39, 0.29) is 49.0 Å². The number of para-hydroxylation sites is 6. The van der Waals surface area contributed by atoms with Gasteiger partial charge in [0.2, 0.25) is 0 Å². The second-order valence-corrected chi connectivity index (χ2v) is 16.7. The molecule has 4 heterocycles. The molecule has 0 spiro atoms. The minimum absolute atomic E-state index is 0. The van der Waals surface area contributed by atoms with Crippen molar-refractivity contribution < 1.29 is 44.1 Å². The molecule has 0 aliphatic carbocycles. The number of nitrogens with zero attached hydrogens (tertiary/aromatic N) is 6. The molecule has 0 bridgehead atoms. The third-order valence-corrected chi connectivity index (χ3v) is 12.5. The Bertz CT molecular complexity index is 4530. The molecule has 0 radical (unpaired) electrons. The van der Waals surface area contributed by atoms with Crippen molar-refractivity contribution in [1.29, 1.82) is 0 Å². The van der Waals surface area contributed by atoms with Crippen LogP contribution in [-0.4, -0.2) is 32.8 Å². The van der Waals surface area contributed by atoms with E-state index in [1.165, 1.54) is 0 Å². The number of hydrogen-bond donors (Lipinski definition) is 0. The third kappa shape index (κ3) is 7.08. The summed E-state index contributed by atoms with van der Waals surface area (Å²) in [4.78, 5) is 6.91. The van der Waals surface area contributed by atoms with Crippen LogP contribution in [0.3, 0.4) is 0 Å². The first-order valence-corrected chi connectivity index (χ1v) is 22.3. The summed E-state index contributed by atoms with van der Waals surface area (Å²) in [5.74, 6) is 1.42. The van der Waals surface area contributed by atoms with E-state index in [2.05, 4.69) is 70.1 Å². The Hall–Kier alpha value is -8.51. The van der Waals surface area contributed by atoms with Gasteiger partial charge in [-0.3, -0.25) is 4.57 Å². The molecule has 13 rings (SSSR count). The minimum atomic E-state index is -0.579. The number of ether oxygens (including phenoxy) is 1. The Kier molecular flexibility index (Phi) is 8.28. The first-order valence-electron chi connectivity index (χ1n) is 27.3. The number of benzene rings is 9. The number of fused-ring (bicyclic) bond motifs is 7. The van der Waals surface area contributed by atoms with Gasteiger partial charge < -0.3 is 23.3 Å². The van der Waals surface area contributed by atoms with Crippen LogP contribution in [0.25, 0.3) is 99.8 Å². The fourth-order valence-electron chi connectivity index (χ4n) is 9.48. The van der Waals surface area contributed by atoms with Crippen molar-refractivity contribution >= 4 is 60.3 Å². The maximum absolute atomic E-state index is 9.11. The Morgan fingerprint density at radius 1 is 0.571 bits per heavy atom. The average molecular weight is 1090 g/mol. The van der Waals surface area contributed by atoms with E-state index in [0.29, 0.717) is 34.0 Å². The Balaban J connectivity index is 0.00000637. The molecule has 9 aromatic carbocycles. The van der Waals surface area contributed by atoms with Gasteiger partial charge in [0.1, 0.15) is 5.82 Å². The molecule has 0 fully saturated rings. The number of rotatable bonds is 9. The zero-order valence-corrected chi connectivity index (χ0v) is 39.7. The van der Waals surface area contributed by atoms with Crippen LogP contribution in [0.4, 0.5) is 5.69 Å². The van der Waals surface area contributed by atoms with Crippen LogP contribution in [0.15, 0.2) is 218 Å². The van der Waals surface area contributed by atoms with E-state index in [0.717, 1.165) is 55.0 Å². The van der Waals surface area contributed by atoms with Crippen molar-refractivity contribution in [3.8, 4) is 56.6 Å². The van der Waals surface area contributed by atoms with Gasteiger partial charge in [-0.1, -0.05) is 168 Å². The summed E-state index contributed by atoms with van der Waals surface area (Å²) >= 11 is 0. The third-order valence-electron chi connectivity index (χ3n) is 12.5. The summed E-state index contributed by atoms with van der Waals surface area (Å²) in [6.07, 6.45) is 5.26. The van der Waals surface area contributed by atoms with Crippen molar-refractivity contribution in [2.75, 3.05) is 19.0 Å². The van der Waals surface area contributed by atoms with Crippen molar-refractivity contribution in [2.24, 2.45) is 0 Å². The molecule has 0 N–H and O–H groups in total. The predicted molar refractivity (Wildman–Crippen MR) is 280 cm³/mol. The van der Waals surface area contributed by atoms with Crippen LogP contribution >= 0.6 is 0 Å². The summed E-state index contributed by atoms with van der Waals surface area (Å²) in [6.45, 7) is 0. The fourth-order valence-corrected chi connectivity index (χ4v) is 9.48. The molecular weight excluding hydrogens is 1040 g/mol. The van der Waals surface area contributed by atoms with Gasteiger partial charge in [0, 0.05) is 91.9 Å². The quantitative estimate of drug-likeness (QED) is 0.107. The zero-order chi connectivity index (χ0) is 54.7. The molecule has 0 unspecified atom stereocenters. The van der Waals surface area contributed by atoms with Gasteiger partial charge in [-0.15, -0.1) is 24.3 Å². The standard InChI is InChI=1S/C62H42N6O.Pt/c1-64(2)44-35-36-63-61(38-44)68-55-32-14-11-27-51(55)52-39-59(67-53-30-12-9-25-49(53)50-26-10-13-31-54(50)67)60(40-58(52)68)69-46-24-17-23-45(37-46)65-41-66(57-34-16-15-33-56(57)65)62-47(42-19-5-3-6-20-42)28-18-29-48(62)43-21-7-4-8-22-43;/h3-36,38-39H,1-2H3;/q-2;/i3D,4D,5D,6D,7D,8D,19D,20D,21D,22D;. The van der Waals surface area contributed by atoms with Crippen molar-refractivity contribution in [3.63, 3.8) is 0 Å².